The summed E-state index contributed by atoms with van der Waals surface area (Å²) in [6.45, 7) is 0.126. The zero-order valence-corrected chi connectivity index (χ0v) is 14.2. The van der Waals surface area contributed by atoms with Gasteiger partial charge in [-0.3, -0.25) is 19.7 Å². The number of hydrogen-bond donors (Lipinski definition) is 3. The van der Waals surface area contributed by atoms with Gasteiger partial charge >= 0.3 is 5.97 Å². The number of ketones is 1. The summed E-state index contributed by atoms with van der Waals surface area (Å²) in [5.41, 5.74) is -0.969. The van der Waals surface area contributed by atoms with Crippen LogP contribution in [0.2, 0.25) is 5.02 Å². The maximum absolute atomic E-state index is 12.8. The Kier molecular flexibility index (Phi) is 6.52. The zero-order chi connectivity index (χ0) is 18.4. The predicted octanol–water partition coefficient (Wildman–Crippen LogP) is 1.26. The number of carboxylic acids is 1. The molecule has 1 aliphatic carbocycles. The smallest absolute Gasteiger partial charge is 0.320 e. The first-order chi connectivity index (χ1) is 11.9. The van der Waals surface area contributed by atoms with Crippen LogP contribution in [0.25, 0.3) is 0 Å². The van der Waals surface area contributed by atoms with E-state index in [1.54, 1.807) is 24.3 Å². The first-order valence-electron chi connectivity index (χ1n) is 7.95. The van der Waals surface area contributed by atoms with Crippen LogP contribution in [0.3, 0.4) is 0 Å². The Morgan fingerprint density at radius 1 is 1.48 bits per heavy atom. The zero-order valence-electron chi connectivity index (χ0n) is 13.5. The molecule has 136 valence electrons. The van der Waals surface area contributed by atoms with Gasteiger partial charge in [-0.2, -0.15) is 0 Å². The molecule has 7 nitrogen and oxygen atoms in total. The van der Waals surface area contributed by atoms with Gasteiger partial charge in [0, 0.05) is 11.4 Å². The van der Waals surface area contributed by atoms with E-state index < -0.39 is 29.4 Å². The molecule has 3 N–H and O–H groups in total. The number of aliphatic hydroxyl groups is 1. The molecule has 0 aliphatic heterocycles. The van der Waals surface area contributed by atoms with E-state index in [4.69, 9.17) is 11.6 Å². The Bertz CT molecular complexity index is 652. The van der Waals surface area contributed by atoms with Crippen LogP contribution in [0.1, 0.15) is 31.2 Å². The van der Waals surface area contributed by atoms with Crippen molar-refractivity contribution in [3.05, 3.63) is 34.9 Å². The number of ether oxygens (including phenoxy) is 1. The molecule has 0 saturated heterocycles. The van der Waals surface area contributed by atoms with Crippen LogP contribution in [-0.2, 0) is 24.7 Å². The summed E-state index contributed by atoms with van der Waals surface area (Å²) in [6, 6.07) is 5.51. The van der Waals surface area contributed by atoms with E-state index in [0.717, 1.165) is 0 Å². The molecule has 0 spiro atoms. The van der Waals surface area contributed by atoms with E-state index in [1.807, 2.05) is 0 Å². The van der Waals surface area contributed by atoms with E-state index in [1.165, 1.54) is 0 Å². The van der Waals surface area contributed by atoms with Crippen molar-refractivity contribution in [3.63, 3.8) is 0 Å². The molecule has 0 aromatic heterocycles. The number of rotatable bonds is 8. The van der Waals surface area contributed by atoms with Gasteiger partial charge in [-0.05, 0) is 30.9 Å². The topological polar surface area (TPSA) is 113 Å². The van der Waals surface area contributed by atoms with Gasteiger partial charge in [0.25, 0.3) is 6.47 Å². The number of carbonyl (C=O) groups excluding carboxylic acids is 2. The highest BCUT2D eigenvalue weighted by Crippen LogP contribution is 2.38. The average molecular weight is 370 g/mol. The van der Waals surface area contributed by atoms with E-state index in [-0.39, 0.29) is 19.5 Å². The quantitative estimate of drug-likeness (QED) is 0.467. The van der Waals surface area contributed by atoms with Gasteiger partial charge in [-0.25, -0.2) is 0 Å². The Labute approximate surface area is 149 Å². The summed E-state index contributed by atoms with van der Waals surface area (Å²) in [4.78, 5) is 34.7. The van der Waals surface area contributed by atoms with Gasteiger partial charge in [0.05, 0.1) is 6.61 Å². The summed E-state index contributed by atoms with van der Waals surface area (Å²) in [5, 5.41) is 22.7. The van der Waals surface area contributed by atoms with Crippen molar-refractivity contribution in [2.75, 3.05) is 6.61 Å². The second kappa shape index (κ2) is 8.42. The minimum atomic E-state index is -1.40. The molecule has 1 aliphatic rings. The van der Waals surface area contributed by atoms with Crippen molar-refractivity contribution in [3.8, 4) is 0 Å². The van der Waals surface area contributed by atoms with E-state index >= 15 is 0 Å². The number of aliphatic carboxylic acids is 1. The molecule has 8 heteroatoms. The van der Waals surface area contributed by atoms with Gasteiger partial charge < -0.3 is 14.9 Å². The van der Waals surface area contributed by atoms with Crippen LogP contribution in [0, 0.1) is 0 Å². The number of hydrogen-bond acceptors (Lipinski definition) is 6. The Morgan fingerprint density at radius 3 is 2.84 bits per heavy atom. The Morgan fingerprint density at radius 2 is 2.20 bits per heavy atom. The summed E-state index contributed by atoms with van der Waals surface area (Å²) >= 11 is 6.26. The molecule has 0 radical (unpaired) electrons. The fourth-order valence-corrected chi connectivity index (χ4v) is 3.48. The normalized spacial score (nSPS) is 24.6. The standard InChI is InChI=1S/C17H20ClNO6/c18-12-5-2-1-4-11(12)17(8-3-6-14(21)15(17)22)19-13(16(23)24)7-9-25-10-20/h1-2,4-5,10,13-14,19,21H,3,6-9H2,(H,23,24)/t13-,14+,17-/m0/s1. The molecular formula is C17H20ClNO6. The van der Waals surface area contributed by atoms with Crippen molar-refractivity contribution < 1.29 is 29.3 Å². The van der Waals surface area contributed by atoms with E-state index in [2.05, 4.69) is 10.1 Å². The third-order valence-electron chi connectivity index (χ3n) is 4.40. The van der Waals surface area contributed by atoms with Crippen LogP contribution in [0.15, 0.2) is 24.3 Å². The SMILES string of the molecule is O=COCC[C@H](N[C@]1(c2ccccc2Cl)CCC[C@@H](O)C1=O)C(=O)O. The average Bonchev–Trinajstić information content (AvgIpc) is 2.58. The molecule has 3 atom stereocenters. The van der Waals surface area contributed by atoms with Gasteiger partial charge in [0.1, 0.15) is 17.7 Å². The molecule has 0 bridgehead atoms. The highest BCUT2D eigenvalue weighted by molar-refractivity contribution is 6.31. The third kappa shape index (κ3) is 4.18. The first kappa shape index (κ1) is 19.4. The molecule has 0 heterocycles. The minimum Gasteiger partial charge on any atom is -0.480 e. The van der Waals surface area contributed by atoms with Crippen LogP contribution < -0.4 is 5.32 Å². The molecule has 1 aromatic carbocycles. The largest absolute Gasteiger partial charge is 0.480 e. The number of nitrogens with one attached hydrogen (secondary N) is 1. The highest BCUT2D eigenvalue weighted by Gasteiger charge is 2.48. The van der Waals surface area contributed by atoms with Gasteiger partial charge in [0.2, 0.25) is 0 Å². The van der Waals surface area contributed by atoms with Gasteiger partial charge in [-0.1, -0.05) is 29.8 Å². The second-order valence-corrected chi connectivity index (χ2v) is 6.36. The molecule has 1 saturated carbocycles. The Hall–Kier alpha value is -1.96. The molecule has 0 unspecified atom stereocenters. The number of Topliss-reactive ketones (excluding diaryl/α,β-unsaturated/α-hetero) is 1. The molecule has 25 heavy (non-hydrogen) atoms. The minimum absolute atomic E-state index is 0.0242. The lowest BCUT2D eigenvalue weighted by Crippen LogP contribution is -2.60. The summed E-state index contributed by atoms with van der Waals surface area (Å²) in [6.07, 6.45) is -0.0616. The van der Waals surface area contributed by atoms with Crippen LogP contribution in [0.4, 0.5) is 0 Å². The number of carbonyl (C=O) groups is 3. The lowest BCUT2D eigenvalue weighted by molar-refractivity contribution is -0.145. The van der Waals surface area contributed by atoms with E-state index in [9.17, 15) is 24.6 Å². The highest BCUT2D eigenvalue weighted by atomic mass is 35.5. The fourth-order valence-electron chi connectivity index (χ4n) is 3.18. The predicted molar refractivity (Wildman–Crippen MR) is 89.2 cm³/mol. The fraction of sp³-hybridized carbons (Fsp3) is 0.471. The molecule has 0 amide bonds. The van der Waals surface area contributed by atoms with Crippen molar-refractivity contribution in [1.82, 2.24) is 5.32 Å². The van der Waals surface area contributed by atoms with Crippen molar-refractivity contribution in [1.29, 1.82) is 0 Å². The molecular weight excluding hydrogens is 350 g/mol. The monoisotopic (exact) mass is 369 g/mol. The maximum atomic E-state index is 12.8. The number of halogens is 1. The first-order valence-corrected chi connectivity index (χ1v) is 8.33. The summed E-state index contributed by atoms with van der Waals surface area (Å²) < 4.78 is 4.57. The van der Waals surface area contributed by atoms with Crippen molar-refractivity contribution in [2.45, 2.75) is 43.4 Å². The number of aliphatic hydroxyl groups excluding tert-OH is 1. The van der Waals surface area contributed by atoms with Crippen LogP contribution in [-0.4, -0.2) is 47.2 Å². The number of carboxylic acid groups (broad SMARTS) is 1. The third-order valence-corrected chi connectivity index (χ3v) is 4.73. The van der Waals surface area contributed by atoms with Crippen LogP contribution in [0.5, 0.6) is 0 Å². The van der Waals surface area contributed by atoms with Crippen LogP contribution >= 0.6 is 11.6 Å². The van der Waals surface area contributed by atoms with Gasteiger partial charge in [0.15, 0.2) is 5.78 Å². The molecule has 2 rings (SSSR count). The molecule has 1 fully saturated rings. The molecule has 1 aromatic rings. The summed E-state index contributed by atoms with van der Waals surface area (Å²) in [5.74, 6) is -1.69. The maximum Gasteiger partial charge on any atom is 0.320 e. The van der Waals surface area contributed by atoms with E-state index in [0.29, 0.717) is 29.8 Å². The second-order valence-electron chi connectivity index (χ2n) is 5.95. The lowest BCUT2D eigenvalue weighted by atomic mass is 9.73. The Balaban J connectivity index is 2.41. The van der Waals surface area contributed by atoms with Crippen molar-refractivity contribution >= 4 is 29.8 Å². The summed E-state index contributed by atoms with van der Waals surface area (Å²) in [7, 11) is 0. The van der Waals surface area contributed by atoms with Crippen molar-refractivity contribution in [2.24, 2.45) is 0 Å². The van der Waals surface area contributed by atoms with Gasteiger partial charge in [-0.15, -0.1) is 0 Å². The number of benzene rings is 1. The lowest BCUT2D eigenvalue weighted by Gasteiger charge is -2.41.